The van der Waals surface area contributed by atoms with E-state index in [0.29, 0.717) is 24.5 Å². The van der Waals surface area contributed by atoms with Gasteiger partial charge < -0.3 is 10.0 Å². The summed E-state index contributed by atoms with van der Waals surface area (Å²) in [5.41, 5.74) is 1.86. The minimum atomic E-state index is -0.417. The molecule has 1 N–H and O–H groups in total. The van der Waals surface area contributed by atoms with Crippen molar-refractivity contribution < 1.29 is 9.90 Å². The van der Waals surface area contributed by atoms with E-state index >= 15 is 0 Å². The van der Waals surface area contributed by atoms with E-state index in [-0.39, 0.29) is 5.91 Å². The van der Waals surface area contributed by atoms with Crippen LogP contribution in [0.2, 0.25) is 0 Å². The van der Waals surface area contributed by atoms with Gasteiger partial charge in [-0.2, -0.15) is 0 Å². The lowest BCUT2D eigenvalue weighted by molar-refractivity contribution is 0.00544. The molecule has 1 fully saturated rings. The van der Waals surface area contributed by atoms with Crippen LogP contribution in [0.3, 0.4) is 0 Å². The van der Waals surface area contributed by atoms with Gasteiger partial charge in [-0.25, -0.2) is 4.68 Å². The molecule has 104 valence electrons. The molecule has 0 spiro atoms. The van der Waals surface area contributed by atoms with Gasteiger partial charge in [0.2, 0.25) is 0 Å². The lowest BCUT2D eigenvalue weighted by Gasteiger charge is -2.35. The molecule has 1 amide bonds. The first-order chi connectivity index (χ1) is 9.56. The average molecular weight is 337 g/mol. The van der Waals surface area contributed by atoms with E-state index in [9.17, 15) is 9.90 Å². The van der Waals surface area contributed by atoms with Crippen LogP contribution in [0.15, 0.2) is 28.7 Å². The van der Waals surface area contributed by atoms with Gasteiger partial charge in [0.05, 0.1) is 17.5 Å². The van der Waals surface area contributed by atoms with Gasteiger partial charge in [-0.1, -0.05) is 27.2 Å². The van der Waals surface area contributed by atoms with Gasteiger partial charge in [0.1, 0.15) is 0 Å². The molecule has 20 heavy (non-hydrogen) atoms. The Balaban J connectivity index is 1.91. The van der Waals surface area contributed by atoms with Crippen molar-refractivity contribution in [2.45, 2.75) is 13.0 Å². The zero-order valence-electron chi connectivity index (χ0n) is 10.8. The van der Waals surface area contributed by atoms with Crippen LogP contribution in [-0.4, -0.2) is 50.1 Å². The average Bonchev–Trinajstić information content (AvgIpc) is 2.76. The molecule has 0 aliphatic carbocycles. The predicted octanol–water partition coefficient (Wildman–Crippen LogP) is 1.15. The first-order valence-corrected chi connectivity index (χ1v) is 7.01. The van der Waals surface area contributed by atoms with E-state index in [1.165, 1.54) is 0 Å². The van der Waals surface area contributed by atoms with Crippen molar-refractivity contribution in [3.63, 3.8) is 0 Å². The normalized spacial score (nSPS) is 15.2. The highest BCUT2D eigenvalue weighted by atomic mass is 79.9. The monoisotopic (exact) mass is 336 g/mol. The molecule has 1 aliphatic heterocycles. The maximum absolute atomic E-state index is 12.2. The summed E-state index contributed by atoms with van der Waals surface area (Å²) in [6.07, 6.45) is -0.417. The molecule has 2 heterocycles. The first-order valence-electron chi connectivity index (χ1n) is 6.22. The first kappa shape index (κ1) is 13.3. The highest BCUT2D eigenvalue weighted by molar-refractivity contribution is 9.10. The number of nitrogens with zero attached hydrogens (tertiary/aromatic N) is 4. The van der Waals surface area contributed by atoms with Gasteiger partial charge in [0.15, 0.2) is 5.69 Å². The van der Waals surface area contributed by atoms with Gasteiger partial charge in [0.25, 0.3) is 5.91 Å². The zero-order valence-corrected chi connectivity index (χ0v) is 12.4. The number of likely N-dealkylation sites (tertiary alicyclic amines) is 1. The van der Waals surface area contributed by atoms with Crippen LogP contribution in [0.25, 0.3) is 5.69 Å². The van der Waals surface area contributed by atoms with Crippen molar-refractivity contribution in [3.8, 4) is 5.69 Å². The molecule has 0 saturated carbocycles. The Morgan fingerprint density at radius 3 is 2.85 bits per heavy atom. The van der Waals surface area contributed by atoms with Gasteiger partial charge in [0, 0.05) is 17.6 Å². The van der Waals surface area contributed by atoms with Crippen LogP contribution < -0.4 is 0 Å². The number of benzene rings is 1. The van der Waals surface area contributed by atoms with Crippen molar-refractivity contribution in [1.82, 2.24) is 19.9 Å². The number of carbonyl (C=O) groups excluding carboxylic acids is 1. The number of β-amino-alcohol motifs (C(OH)–C–C–N with tert-alkyl or cyclic N) is 1. The molecule has 7 heteroatoms. The Bertz CT molecular complexity index is 664. The lowest BCUT2D eigenvalue weighted by Crippen LogP contribution is -2.53. The summed E-state index contributed by atoms with van der Waals surface area (Å²) >= 11 is 3.41. The van der Waals surface area contributed by atoms with Crippen molar-refractivity contribution in [3.05, 3.63) is 40.1 Å². The zero-order chi connectivity index (χ0) is 14.3. The fourth-order valence-electron chi connectivity index (χ4n) is 2.15. The van der Waals surface area contributed by atoms with Gasteiger partial charge in [-0.05, 0) is 25.1 Å². The summed E-state index contributed by atoms with van der Waals surface area (Å²) in [6, 6.07) is 7.62. The maximum Gasteiger partial charge on any atom is 0.276 e. The number of aliphatic hydroxyl groups is 1. The summed E-state index contributed by atoms with van der Waals surface area (Å²) in [5.74, 6) is -0.186. The molecule has 1 aliphatic rings. The van der Waals surface area contributed by atoms with Crippen molar-refractivity contribution in [1.29, 1.82) is 0 Å². The summed E-state index contributed by atoms with van der Waals surface area (Å²) in [6.45, 7) is 2.54. The quantitative estimate of drug-likeness (QED) is 0.893. The predicted molar refractivity (Wildman–Crippen MR) is 75.7 cm³/mol. The van der Waals surface area contributed by atoms with E-state index in [0.717, 1.165) is 10.2 Å². The molecule has 1 aromatic carbocycles. The van der Waals surface area contributed by atoms with Crippen LogP contribution >= 0.6 is 15.9 Å². The number of amides is 1. The Morgan fingerprint density at radius 1 is 1.45 bits per heavy atom. The molecule has 1 saturated heterocycles. The smallest absolute Gasteiger partial charge is 0.276 e. The van der Waals surface area contributed by atoms with E-state index in [1.807, 2.05) is 31.2 Å². The number of hydrogen-bond acceptors (Lipinski definition) is 4. The Kier molecular flexibility index (Phi) is 3.31. The second-order valence-electron chi connectivity index (χ2n) is 4.78. The fraction of sp³-hybridized carbons (Fsp3) is 0.308. The third kappa shape index (κ3) is 2.23. The number of halogens is 1. The molecular formula is C13H13BrN4O2. The lowest BCUT2D eigenvalue weighted by atomic mass is 10.1. The molecule has 1 aromatic heterocycles. The number of hydrogen-bond donors (Lipinski definition) is 1. The van der Waals surface area contributed by atoms with E-state index in [2.05, 4.69) is 26.2 Å². The Labute approximate surface area is 124 Å². The van der Waals surface area contributed by atoms with Gasteiger partial charge in [-0.15, -0.1) is 5.10 Å². The second kappa shape index (κ2) is 4.99. The van der Waals surface area contributed by atoms with Gasteiger partial charge >= 0.3 is 0 Å². The van der Waals surface area contributed by atoms with Crippen molar-refractivity contribution in [2.24, 2.45) is 0 Å². The van der Waals surface area contributed by atoms with E-state index in [1.54, 1.807) is 9.58 Å². The highest BCUT2D eigenvalue weighted by Gasteiger charge is 2.32. The van der Waals surface area contributed by atoms with Crippen LogP contribution in [-0.2, 0) is 0 Å². The van der Waals surface area contributed by atoms with Crippen LogP contribution in [0.1, 0.15) is 16.2 Å². The minimum Gasteiger partial charge on any atom is -0.389 e. The molecule has 0 bridgehead atoms. The summed E-state index contributed by atoms with van der Waals surface area (Å²) < 4.78 is 2.57. The third-order valence-corrected chi connectivity index (χ3v) is 3.79. The summed E-state index contributed by atoms with van der Waals surface area (Å²) in [5, 5.41) is 17.3. The number of rotatable bonds is 2. The summed E-state index contributed by atoms with van der Waals surface area (Å²) in [4.78, 5) is 13.8. The number of aliphatic hydroxyl groups excluding tert-OH is 1. The molecule has 0 radical (unpaired) electrons. The molecule has 3 rings (SSSR count). The van der Waals surface area contributed by atoms with Gasteiger partial charge in [-0.3, -0.25) is 4.79 Å². The fourth-order valence-corrected chi connectivity index (χ4v) is 2.54. The molecular weight excluding hydrogens is 324 g/mol. The Hall–Kier alpha value is -1.73. The molecule has 0 unspecified atom stereocenters. The largest absolute Gasteiger partial charge is 0.389 e. The van der Waals surface area contributed by atoms with Crippen molar-refractivity contribution >= 4 is 21.8 Å². The molecule has 0 atom stereocenters. The van der Waals surface area contributed by atoms with E-state index in [4.69, 9.17) is 0 Å². The van der Waals surface area contributed by atoms with Crippen LogP contribution in [0.5, 0.6) is 0 Å². The summed E-state index contributed by atoms with van der Waals surface area (Å²) in [7, 11) is 0. The highest BCUT2D eigenvalue weighted by Crippen LogP contribution is 2.19. The molecule has 2 aromatic rings. The second-order valence-corrected chi connectivity index (χ2v) is 5.69. The topological polar surface area (TPSA) is 71.2 Å². The number of carbonyl (C=O) groups is 1. The van der Waals surface area contributed by atoms with Crippen LogP contribution in [0.4, 0.5) is 0 Å². The van der Waals surface area contributed by atoms with E-state index < -0.39 is 6.10 Å². The maximum atomic E-state index is 12.2. The van der Waals surface area contributed by atoms with Crippen molar-refractivity contribution in [2.75, 3.05) is 13.1 Å². The van der Waals surface area contributed by atoms with Crippen LogP contribution in [0, 0.1) is 6.92 Å². The number of aromatic nitrogens is 3. The third-order valence-electron chi connectivity index (χ3n) is 3.30. The standard InChI is InChI=1S/C13H13BrN4O2/c1-8-12(13(20)17-6-11(19)7-17)15-16-18(8)10-4-2-3-9(14)5-10/h2-5,11,19H,6-7H2,1H3. The molecule has 6 nitrogen and oxygen atoms in total. The minimum absolute atomic E-state index is 0.186. The SMILES string of the molecule is Cc1c(C(=O)N2CC(O)C2)nnn1-c1cccc(Br)c1. The Morgan fingerprint density at radius 2 is 2.20 bits per heavy atom.